The highest BCUT2D eigenvalue weighted by molar-refractivity contribution is 5.82. The predicted octanol–water partition coefficient (Wildman–Crippen LogP) is 0.318. The van der Waals surface area contributed by atoms with Crippen molar-refractivity contribution in [2.24, 2.45) is 0 Å². The van der Waals surface area contributed by atoms with E-state index in [0.717, 1.165) is 18.7 Å². The summed E-state index contributed by atoms with van der Waals surface area (Å²) in [6.45, 7) is 3.27. The van der Waals surface area contributed by atoms with Crippen LogP contribution >= 0.6 is 0 Å². The molecule has 23 heavy (non-hydrogen) atoms. The van der Waals surface area contributed by atoms with Crippen molar-refractivity contribution in [1.29, 1.82) is 0 Å². The lowest BCUT2D eigenvalue weighted by molar-refractivity contribution is -0.146. The van der Waals surface area contributed by atoms with E-state index < -0.39 is 6.10 Å². The number of hydrogen-bond acceptors (Lipinski definition) is 6. The van der Waals surface area contributed by atoms with Gasteiger partial charge in [-0.2, -0.15) is 4.98 Å². The summed E-state index contributed by atoms with van der Waals surface area (Å²) in [7, 11) is 1.56. The molecule has 0 bridgehead atoms. The van der Waals surface area contributed by atoms with Crippen molar-refractivity contribution in [3.63, 3.8) is 0 Å². The standard InChI is InChI=1S/C15H24N4O4/c1-3-5-12-17-13(23-18-12)6-4-7-14(20)19-8-9-22-11(10-19)15(21)16-2/h11H,3-10H2,1-2H3,(H,16,21). The zero-order chi connectivity index (χ0) is 16.7. The lowest BCUT2D eigenvalue weighted by Crippen LogP contribution is -2.51. The molecule has 1 aliphatic rings. The van der Waals surface area contributed by atoms with Crippen LogP contribution in [0.4, 0.5) is 0 Å². The van der Waals surface area contributed by atoms with E-state index in [-0.39, 0.29) is 11.8 Å². The van der Waals surface area contributed by atoms with Gasteiger partial charge in [-0.25, -0.2) is 0 Å². The lowest BCUT2D eigenvalue weighted by atomic mass is 10.2. The first-order chi connectivity index (χ1) is 11.1. The molecule has 128 valence electrons. The van der Waals surface area contributed by atoms with Crippen molar-refractivity contribution < 1.29 is 18.8 Å². The first-order valence-electron chi connectivity index (χ1n) is 8.06. The lowest BCUT2D eigenvalue weighted by Gasteiger charge is -2.32. The van der Waals surface area contributed by atoms with Gasteiger partial charge in [-0.05, 0) is 12.8 Å². The molecule has 2 heterocycles. The minimum atomic E-state index is -0.578. The van der Waals surface area contributed by atoms with Crippen LogP contribution in [-0.2, 0) is 27.2 Å². The quantitative estimate of drug-likeness (QED) is 0.775. The summed E-state index contributed by atoms with van der Waals surface area (Å²) >= 11 is 0. The number of nitrogens with zero attached hydrogens (tertiary/aromatic N) is 3. The van der Waals surface area contributed by atoms with Gasteiger partial charge in [-0.3, -0.25) is 9.59 Å². The van der Waals surface area contributed by atoms with Crippen LogP contribution in [0.5, 0.6) is 0 Å². The highest BCUT2D eigenvalue weighted by Gasteiger charge is 2.28. The number of carbonyl (C=O) groups excluding carboxylic acids is 2. The normalized spacial score (nSPS) is 18.0. The Morgan fingerprint density at radius 1 is 1.39 bits per heavy atom. The van der Waals surface area contributed by atoms with Crippen molar-refractivity contribution in [3.05, 3.63) is 11.7 Å². The summed E-state index contributed by atoms with van der Waals surface area (Å²) in [4.78, 5) is 29.8. The van der Waals surface area contributed by atoms with Crippen molar-refractivity contribution in [3.8, 4) is 0 Å². The van der Waals surface area contributed by atoms with Gasteiger partial charge in [0.05, 0.1) is 13.2 Å². The molecule has 2 rings (SSSR count). The number of likely N-dealkylation sites (N-methyl/N-ethyl adjacent to an activating group) is 1. The molecule has 1 atom stereocenters. The van der Waals surface area contributed by atoms with Crippen LogP contribution in [0, 0.1) is 0 Å². The van der Waals surface area contributed by atoms with Crippen LogP contribution in [0.25, 0.3) is 0 Å². The highest BCUT2D eigenvalue weighted by Crippen LogP contribution is 2.10. The third-order valence-electron chi connectivity index (χ3n) is 3.72. The molecule has 1 aromatic rings. The second-order valence-electron chi connectivity index (χ2n) is 5.52. The molecule has 1 saturated heterocycles. The molecular formula is C15H24N4O4. The predicted molar refractivity (Wildman–Crippen MR) is 81.6 cm³/mol. The molecule has 1 unspecified atom stereocenters. The van der Waals surface area contributed by atoms with Crippen molar-refractivity contribution in [2.45, 2.75) is 45.1 Å². The zero-order valence-electron chi connectivity index (χ0n) is 13.7. The molecule has 8 nitrogen and oxygen atoms in total. The fraction of sp³-hybridized carbons (Fsp3) is 0.733. The SMILES string of the molecule is CCCc1noc(CCCC(=O)N2CCOC(C(=O)NC)C2)n1. The summed E-state index contributed by atoms with van der Waals surface area (Å²) in [5, 5.41) is 6.43. The largest absolute Gasteiger partial charge is 0.365 e. The maximum Gasteiger partial charge on any atom is 0.250 e. The number of aromatic nitrogens is 2. The van der Waals surface area contributed by atoms with Crippen LogP contribution in [0.3, 0.4) is 0 Å². The zero-order valence-corrected chi connectivity index (χ0v) is 13.7. The Morgan fingerprint density at radius 2 is 2.22 bits per heavy atom. The molecule has 2 amide bonds. The molecule has 1 aliphatic heterocycles. The molecule has 0 saturated carbocycles. The highest BCUT2D eigenvalue weighted by atomic mass is 16.5. The van der Waals surface area contributed by atoms with Crippen molar-refractivity contribution in [1.82, 2.24) is 20.4 Å². The summed E-state index contributed by atoms with van der Waals surface area (Å²) in [5.41, 5.74) is 0. The first-order valence-corrected chi connectivity index (χ1v) is 8.06. The van der Waals surface area contributed by atoms with E-state index >= 15 is 0 Å². The molecule has 0 spiro atoms. The van der Waals surface area contributed by atoms with Gasteiger partial charge in [0, 0.05) is 32.9 Å². The molecule has 8 heteroatoms. The Hall–Kier alpha value is -1.96. The number of aryl methyl sites for hydroxylation is 2. The van der Waals surface area contributed by atoms with E-state index in [1.807, 2.05) is 0 Å². The number of amides is 2. The van der Waals surface area contributed by atoms with Crippen LogP contribution in [0.15, 0.2) is 4.52 Å². The van der Waals surface area contributed by atoms with Crippen molar-refractivity contribution >= 4 is 11.8 Å². The first kappa shape index (κ1) is 17.4. The van der Waals surface area contributed by atoms with Crippen LogP contribution in [0.2, 0.25) is 0 Å². The van der Waals surface area contributed by atoms with Gasteiger partial charge >= 0.3 is 0 Å². The Bertz CT molecular complexity index is 531. The fourth-order valence-corrected chi connectivity index (χ4v) is 2.46. The van der Waals surface area contributed by atoms with Crippen molar-refractivity contribution in [2.75, 3.05) is 26.7 Å². The van der Waals surface area contributed by atoms with E-state index in [9.17, 15) is 9.59 Å². The number of morpholine rings is 1. The minimum Gasteiger partial charge on any atom is -0.365 e. The van der Waals surface area contributed by atoms with E-state index in [1.165, 1.54) is 0 Å². The van der Waals surface area contributed by atoms with Gasteiger partial charge in [0.25, 0.3) is 5.91 Å². The van der Waals surface area contributed by atoms with Gasteiger partial charge in [-0.15, -0.1) is 0 Å². The Balaban J connectivity index is 1.74. The third-order valence-corrected chi connectivity index (χ3v) is 3.72. The third kappa shape index (κ3) is 5.02. The minimum absolute atomic E-state index is 0.0236. The number of ether oxygens (including phenoxy) is 1. The Kier molecular flexibility index (Phi) is 6.52. The Morgan fingerprint density at radius 3 is 2.96 bits per heavy atom. The van der Waals surface area contributed by atoms with Crippen LogP contribution in [0.1, 0.15) is 37.9 Å². The summed E-state index contributed by atoms with van der Waals surface area (Å²) < 4.78 is 10.5. The van der Waals surface area contributed by atoms with E-state index in [1.54, 1.807) is 11.9 Å². The number of hydrogen-bond donors (Lipinski definition) is 1. The average Bonchev–Trinajstić information content (AvgIpc) is 3.02. The molecule has 1 N–H and O–H groups in total. The fourth-order valence-electron chi connectivity index (χ4n) is 2.46. The molecule has 0 aliphatic carbocycles. The monoisotopic (exact) mass is 324 g/mol. The molecule has 1 aromatic heterocycles. The van der Waals surface area contributed by atoms with Gasteiger partial charge in [-0.1, -0.05) is 12.1 Å². The summed E-state index contributed by atoms with van der Waals surface area (Å²) in [6, 6.07) is 0. The van der Waals surface area contributed by atoms with Gasteiger partial charge in [0.1, 0.15) is 0 Å². The summed E-state index contributed by atoms with van der Waals surface area (Å²) in [6.07, 6.45) is 2.83. The topological polar surface area (TPSA) is 97.6 Å². The van der Waals surface area contributed by atoms with E-state index in [4.69, 9.17) is 9.26 Å². The van der Waals surface area contributed by atoms with Gasteiger partial charge < -0.3 is 19.5 Å². The molecule has 1 fully saturated rings. The van der Waals surface area contributed by atoms with Crippen LogP contribution < -0.4 is 5.32 Å². The van der Waals surface area contributed by atoms with Gasteiger partial charge in [0.2, 0.25) is 11.8 Å². The Labute approximate surface area is 135 Å². The second-order valence-corrected chi connectivity index (χ2v) is 5.52. The van der Waals surface area contributed by atoms with E-state index in [2.05, 4.69) is 22.4 Å². The van der Waals surface area contributed by atoms with Gasteiger partial charge in [0.15, 0.2) is 11.9 Å². The summed E-state index contributed by atoms with van der Waals surface area (Å²) in [5.74, 6) is 1.12. The van der Waals surface area contributed by atoms with E-state index in [0.29, 0.717) is 44.8 Å². The number of rotatable bonds is 7. The molecule has 0 aromatic carbocycles. The smallest absolute Gasteiger partial charge is 0.250 e. The maximum absolute atomic E-state index is 12.2. The molecule has 0 radical (unpaired) electrons. The number of carbonyl (C=O) groups is 2. The second kappa shape index (κ2) is 8.61. The average molecular weight is 324 g/mol. The number of nitrogens with one attached hydrogen (secondary N) is 1. The van der Waals surface area contributed by atoms with Crippen LogP contribution in [-0.4, -0.2) is 59.7 Å². The molecular weight excluding hydrogens is 300 g/mol. The maximum atomic E-state index is 12.2.